The van der Waals surface area contributed by atoms with E-state index < -0.39 is 8.32 Å². The van der Waals surface area contributed by atoms with Crippen molar-refractivity contribution in [2.45, 2.75) is 51.7 Å². The average Bonchev–Trinajstić information content (AvgIpc) is 3.43. The molecule has 0 saturated heterocycles. The number of hydrogen-bond acceptors (Lipinski definition) is 6. The van der Waals surface area contributed by atoms with Gasteiger partial charge >= 0.3 is 0 Å². The first-order chi connectivity index (χ1) is 17.2. The molecule has 5 nitrogen and oxygen atoms in total. The summed E-state index contributed by atoms with van der Waals surface area (Å²) >= 11 is 1.75. The van der Waals surface area contributed by atoms with Crippen LogP contribution in [0.1, 0.15) is 38.3 Å². The Morgan fingerprint density at radius 3 is 2.53 bits per heavy atom. The number of anilines is 2. The summed E-state index contributed by atoms with van der Waals surface area (Å²) < 4.78 is 12.7. The van der Waals surface area contributed by atoms with Gasteiger partial charge in [-0.25, -0.2) is 0 Å². The van der Waals surface area contributed by atoms with Gasteiger partial charge in [0.05, 0.1) is 28.1 Å². The topological polar surface area (TPSA) is 55.7 Å². The Balaban J connectivity index is 1.45. The van der Waals surface area contributed by atoms with Crippen LogP contribution in [-0.2, 0) is 10.9 Å². The van der Waals surface area contributed by atoms with Crippen molar-refractivity contribution in [3.63, 3.8) is 0 Å². The molecule has 0 atom stereocenters. The average molecular weight is 516 g/mol. The first-order valence-electron chi connectivity index (χ1n) is 12.3. The number of benzene rings is 2. The van der Waals surface area contributed by atoms with Gasteiger partial charge in [-0.15, -0.1) is 16.5 Å². The van der Waals surface area contributed by atoms with Gasteiger partial charge in [-0.1, -0.05) is 26.8 Å². The highest BCUT2D eigenvalue weighted by atomic mass is 32.1. The van der Waals surface area contributed by atoms with E-state index in [9.17, 15) is 0 Å². The van der Waals surface area contributed by atoms with Crippen LogP contribution in [0, 0.1) is 0 Å². The summed E-state index contributed by atoms with van der Waals surface area (Å²) in [7, 11) is -0.239. The molecule has 36 heavy (non-hydrogen) atoms. The predicted octanol–water partition coefficient (Wildman–Crippen LogP) is 8.39. The molecule has 0 bridgehead atoms. The van der Waals surface area contributed by atoms with Gasteiger partial charge in [0, 0.05) is 29.0 Å². The van der Waals surface area contributed by atoms with Crippen molar-refractivity contribution in [1.29, 1.82) is 0 Å². The first kappa shape index (κ1) is 24.5. The third kappa shape index (κ3) is 4.65. The Morgan fingerprint density at radius 1 is 1.03 bits per heavy atom. The second kappa shape index (κ2) is 9.37. The molecule has 0 aliphatic heterocycles. The quantitative estimate of drug-likeness (QED) is 0.207. The molecule has 0 unspecified atom stereocenters. The second-order valence-corrected chi connectivity index (χ2v) is 16.5. The van der Waals surface area contributed by atoms with E-state index in [2.05, 4.69) is 85.7 Å². The summed E-state index contributed by atoms with van der Waals surface area (Å²) in [5.74, 6) is 0.852. The number of aromatic nitrogens is 1. The molecule has 0 radical (unpaired) electrons. The molecule has 4 aromatic rings. The maximum absolute atomic E-state index is 6.18. The number of hydrogen-bond donors (Lipinski definition) is 1. The number of methoxy groups -OCH3 is 1. The summed E-state index contributed by atoms with van der Waals surface area (Å²) in [6, 6.07) is 16.9. The van der Waals surface area contributed by atoms with Crippen LogP contribution in [0.25, 0.3) is 20.5 Å². The van der Waals surface area contributed by atoms with E-state index >= 15 is 0 Å². The zero-order valence-electron chi connectivity index (χ0n) is 21.8. The van der Waals surface area contributed by atoms with E-state index in [4.69, 9.17) is 9.26 Å². The molecule has 7 heteroatoms. The maximum Gasteiger partial charge on any atom is 0.286 e. The maximum atomic E-state index is 6.18. The molecule has 0 fully saturated rings. The summed E-state index contributed by atoms with van der Waals surface area (Å²) in [5, 5.41) is 9.69. The number of thiophene rings is 1. The van der Waals surface area contributed by atoms with Crippen molar-refractivity contribution >= 4 is 46.8 Å². The highest BCUT2D eigenvalue weighted by Crippen LogP contribution is 2.44. The van der Waals surface area contributed by atoms with Crippen LogP contribution in [-0.4, -0.2) is 26.1 Å². The minimum absolute atomic E-state index is 0.132. The fraction of sp³-hybridized carbons (Fsp3) is 0.310. The van der Waals surface area contributed by atoms with Gasteiger partial charge in [-0.3, -0.25) is 4.98 Å². The molecule has 0 spiro atoms. The fourth-order valence-corrected chi connectivity index (χ4v) is 5.86. The predicted molar refractivity (Wildman–Crippen MR) is 154 cm³/mol. The summed E-state index contributed by atoms with van der Waals surface area (Å²) in [6.07, 6.45) is 5.68. The minimum atomic E-state index is -1.93. The normalized spacial score (nSPS) is 14.8. The molecule has 186 valence electrons. The largest absolute Gasteiger partial charge is 0.497 e. The Bertz CT molecular complexity index is 1440. The highest BCUT2D eigenvalue weighted by molar-refractivity contribution is 7.23. The summed E-state index contributed by atoms with van der Waals surface area (Å²) in [5.41, 5.74) is 6.91. The lowest BCUT2D eigenvalue weighted by Crippen LogP contribution is -2.39. The van der Waals surface area contributed by atoms with E-state index in [1.165, 1.54) is 21.4 Å². The van der Waals surface area contributed by atoms with E-state index in [0.717, 1.165) is 45.9 Å². The summed E-state index contributed by atoms with van der Waals surface area (Å²) in [6.45, 7) is 11.2. The molecular weight excluding hydrogens is 482 g/mol. The number of nitrogens with zero attached hydrogens (tertiary/aromatic N) is 2. The smallest absolute Gasteiger partial charge is 0.286 e. The van der Waals surface area contributed by atoms with Gasteiger partial charge in [0.25, 0.3) is 8.32 Å². The van der Waals surface area contributed by atoms with Crippen LogP contribution in [0.4, 0.5) is 11.4 Å². The van der Waals surface area contributed by atoms with Gasteiger partial charge in [0.15, 0.2) is 0 Å². The number of aryl methyl sites for hydroxylation is 1. The van der Waals surface area contributed by atoms with Crippen molar-refractivity contribution in [3.05, 3.63) is 72.1 Å². The minimum Gasteiger partial charge on any atom is -0.497 e. The summed E-state index contributed by atoms with van der Waals surface area (Å²) in [4.78, 5) is 5.53. The van der Waals surface area contributed by atoms with Crippen molar-refractivity contribution in [3.8, 4) is 16.2 Å². The molecule has 2 heterocycles. The van der Waals surface area contributed by atoms with Crippen LogP contribution in [0.5, 0.6) is 5.75 Å². The second-order valence-electron chi connectivity index (χ2n) is 10.8. The van der Waals surface area contributed by atoms with Crippen molar-refractivity contribution < 1.29 is 9.26 Å². The highest BCUT2D eigenvalue weighted by Gasteiger charge is 2.40. The Kier molecular flexibility index (Phi) is 6.39. The number of oxime groups is 1. The molecule has 2 aromatic carbocycles. The lowest BCUT2D eigenvalue weighted by Gasteiger charge is -2.33. The molecule has 2 aromatic heterocycles. The SMILES string of the molecule is COc1ccc(-c2sc3cnccc3c2Nc2ccc3c(c2)CCC3=NO[Si](C)(C)C(C)(C)C)cc1. The molecule has 1 N–H and O–H groups in total. The van der Waals surface area contributed by atoms with E-state index in [1.807, 2.05) is 24.5 Å². The van der Waals surface area contributed by atoms with Crippen LogP contribution in [0.15, 0.2) is 66.1 Å². The van der Waals surface area contributed by atoms with Gasteiger partial charge in [-0.2, -0.15) is 0 Å². The zero-order chi connectivity index (χ0) is 25.5. The Labute approximate surface area is 218 Å². The lowest BCUT2D eigenvalue weighted by molar-refractivity contribution is 0.307. The fourth-order valence-electron chi connectivity index (χ4n) is 4.11. The first-order valence-corrected chi connectivity index (χ1v) is 16.0. The van der Waals surface area contributed by atoms with Crippen molar-refractivity contribution in [1.82, 2.24) is 4.98 Å². The van der Waals surface area contributed by atoms with E-state index in [0.29, 0.717) is 0 Å². The van der Waals surface area contributed by atoms with Crippen molar-refractivity contribution in [2.24, 2.45) is 5.16 Å². The van der Waals surface area contributed by atoms with Gasteiger partial charge in [0.2, 0.25) is 0 Å². The van der Waals surface area contributed by atoms with Crippen LogP contribution in [0.3, 0.4) is 0 Å². The number of ether oxygens (including phenoxy) is 1. The molecule has 1 aliphatic rings. The van der Waals surface area contributed by atoms with Gasteiger partial charge < -0.3 is 14.6 Å². The number of fused-ring (bicyclic) bond motifs is 2. The number of pyridine rings is 1. The molecule has 0 saturated carbocycles. The zero-order valence-corrected chi connectivity index (χ0v) is 23.6. The molecular formula is C29H33N3O2SSi. The Morgan fingerprint density at radius 2 is 1.81 bits per heavy atom. The molecule has 0 amide bonds. The van der Waals surface area contributed by atoms with Gasteiger partial charge in [0.1, 0.15) is 5.75 Å². The third-order valence-electron chi connectivity index (χ3n) is 7.35. The van der Waals surface area contributed by atoms with Gasteiger partial charge in [-0.05, 0) is 84.6 Å². The van der Waals surface area contributed by atoms with E-state index in [1.54, 1.807) is 18.4 Å². The third-order valence-corrected chi connectivity index (χ3v) is 12.7. The van der Waals surface area contributed by atoms with E-state index in [-0.39, 0.29) is 5.04 Å². The monoisotopic (exact) mass is 515 g/mol. The lowest BCUT2D eigenvalue weighted by atomic mass is 10.1. The van der Waals surface area contributed by atoms with Crippen LogP contribution >= 0.6 is 11.3 Å². The van der Waals surface area contributed by atoms with Crippen molar-refractivity contribution in [2.75, 3.05) is 12.4 Å². The van der Waals surface area contributed by atoms with Crippen LogP contribution < -0.4 is 10.1 Å². The molecule has 5 rings (SSSR count). The standard InChI is InChI=1S/C29H33N3O2SSi/c1-29(2,3)36(5,6)34-32-25-14-9-20-17-21(10-13-23(20)25)31-27-24-15-16-30-18-26(24)35-28(27)19-7-11-22(33-4)12-8-19/h7-8,10-13,15-18,31H,9,14H2,1-6H3. The molecule has 1 aliphatic carbocycles. The Hall–Kier alpha value is -3.16. The number of rotatable bonds is 6. The van der Waals surface area contributed by atoms with Crippen LogP contribution in [0.2, 0.25) is 18.1 Å². The number of nitrogens with one attached hydrogen (secondary N) is 1.